The van der Waals surface area contributed by atoms with Crippen LogP contribution in [0.5, 0.6) is 0 Å². The van der Waals surface area contributed by atoms with E-state index in [-0.39, 0.29) is 11.7 Å². The van der Waals surface area contributed by atoms with E-state index in [1.807, 2.05) is 13.0 Å². The lowest BCUT2D eigenvalue weighted by molar-refractivity contribution is 0.0592. The minimum absolute atomic E-state index is 0.185. The number of hydrogen-bond donors (Lipinski definition) is 1. The van der Waals surface area contributed by atoms with Gasteiger partial charge in [0.25, 0.3) is 0 Å². The fraction of sp³-hybridized carbons (Fsp3) is 0.615. The van der Waals surface area contributed by atoms with Crippen LogP contribution < -0.4 is 10.6 Å². The Labute approximate surface area is 112 Å². The lowest BCUT2D eigenvalue weighted by Crippen LogP contribution is -2.42. The molecule has 2 N–H and O–H groups in total. The number of nitrogens with zero attached hydrogens (tertiary/aromatic N) is 3. The second-order valence-corrected chi connectivity index (χ2v) is 4.98. The molecule has 0 saturated carbocycles. The summed E-state index contributed by atoms with van der Waals surface area (Å²) < 4.78 is 4.60. The first kappa shape index (κ1) is 13.7. The summed E-state index contributed by atoms with van der Waals surface area (Å²) in [5.41, 5.74) is 6.19. The number of carbonyl (C=O) groups is 1. The standard InChI is InChI=1S/C13H20N4O2/c1-9(14)10-4-3-7-17(8-10)12-6-5-11(15-16-12)13(18)19-2/h5-6,9-10H,3-4,7-8,14H2,1-2H3. The average Bonchev–Trinajstić information content (AvgIpc) is 2.46. The first-order valence-corrected chi connectivity index (χ1v) is 6.54. The van der Waals surface area contributed by atoms with Gasteiger partial charge in [-0.25, -0.2) is 4.79 Å². The number of carbonyl (C=O) groups excluding carboxylic acids is 1. The van der Waals surface area contributed by atoms with Crippen LogP contribution in [-0.2, 0) is 4.74 Å². The van der Waals surface area contributed by atoms with Crippen molar-refractivity contribution in [3.8, 4) is 0 Å². The third-order valence-corrected chi connectivity index (χ3v) is 3.57. The maximum atomic E-state index is 11.3. The highest BCUT2D eigenvalue weighted by Crippen LogP contribution is 2.22. The molecule has 0 bridgehead atoms. The van der Waals surface area contributed by atoms with E-state index in [2.05, 4.69) is 19.8 Å². The van der Waals surface area contributed by atoms with Gasteiger partial charge in [0.1, 0.15) is 0 Å². The van der Waals surface area contributed by atoms with Crippen LogP contribution in [0.4, 0.5) is 5.82 Å². The highest BCUT2D eigenvalue weighted by molar-refractivity contribution is 5.86. The largest absolute Gasteiger partial charge is 0.464 e. The van der Waals surface area contributed by atoms with Gasteiger partial charge in [0.2, 0.25) is 0 Å². The molecule has 2 unspecified atom stereocenters. The molecule has 1 aliphatic heterocycles. The number of nitrogens with two attached hydrogens (primary N) is 1. The van der Waals surface area contributed by atoms with E-state index in [1.165, 1.54) is 7.11 Å². The molecule has 1 aromatic rings. The Kier molecular flexibility index (Phi) is 4.31. The van der Waals surface area contributed by atoms with Crippen LogP contribution in [0.2, 0.25) is 0 Å². The van der Waals surface area contributed by atoms with Gasteiger partial charge in [0, 0.05) is 19.1 Å². The molecule has 1 fully saturated rings. The zero-order chi connectivity index (χ0) is 13.8. The molecule has 6 nitrogen and oxygen atoms in total. The fourth-order valence-electron chi connectivity index (χ4n) is 2.35. The molecule has 0 amide bonds. The SMILES string of the molecule is COC(=O)c1ccc(N2CCCC(C(C)N)C2)nn1. The molecule has 2 heterocycles. The second-order valence-electron chi connectivity index (χ2n) is 4.98. The molecular weight excluding hydrogens is 244 g/mol. The third-order valence-electron chi connectivity index (χ3n) is 3.57. The first-order valence-electron chi connectivity index (χ1n) is 6.54. The Balaban J connectivity index is 2.07. The predicted molar refractivity (Wildman–Crippen MR) is 72.0 cm³/mol. The minimum atomic E-state index is -0.467. The zero-order valence-electron chi connectivity index (χ0n) is 11.4. The maximum Gasteiger partial charge on any atom is 0.358 e. The van der Waals surface area contributed by atoms with Crippen molar-refractivity contribution in [2.45, 2.75) is 25.8 Å². The molecule has 104 valence electrons. The Morgan fingerprint density at radius 3 is 2.89 bits per heavy atom. The highest BCUT2D eigenvalue weighted by atomic mass is 16.5. The van der Waals surface area contributed by atoms with E-state index in [0.717, 1.165) is 31.7 Å². The number of aromatic nitrogens is 2. The summed E-state index contributed by atoms with van der Waals surface area (Å²) in [5.74, 6) is 0.806. The van der Waals surface area contributed by atoms with Gasteiger partial charge in [-0.1, -0.05) is 0 Å². The van der Waals surface area contributed by atoms with Crippen LogP contribution in [0.15, 0.2) is 12.1 Å². The normalized spacial score (nSPS) is 21.0. The van der Waals surface area contributed by atoms with Crippen LogP contribution in [0.25, 0.3) is 0 Å². The number of methoxy groups -OCH3 is 1. The highest BCUT2D eigenvalue weighted by Gasteiger charge is 2.23. The minimum Gasteiger partial charge on any atom is -0.464 e. The van der Waals surface area contributed by atoms with E-state index >= 15 is 0 Å². The van der Waals surface area contributed by atoms with Crippen molar-refractivity contribution in [3.05, 3.63) is 17.8 Å². The van der Waals surface area contributed by atoms with Crippen molar-refractivity contribution in [1.82, 2.24) is 10.2 Å². The van der Waals surface area contributed by atoms with Gasteiger partial charge in [-0.3, -0.25) is 0 Å². The van der Waals surface area contributed by atoms with E-state index < -0.39 is 5.97 Å². The van der Waals surface area contributed by atoms with Crippen molar-refractivity contribution in [3.63, 3.8) is 0 Å². The smallest absolute Gasteiger partial charge is 0.358 e. The molecule has 19 heavy (non-hydrogen) atoms. The van der Waals surface area contributed by atoms with E-state index in [1.54, 1.807) is 6.07 Å². The van der Waals surface area contributed by atoms with Crippen molar-refractivity contribution in [1.29, 1.82) is 0 Å². The lowest BCUT2D eigenvalue weighted by atomic mass is 9.92. The monoisotopic (exact) mass is 264 g/mol. The summed E-state index contributed by atoms with van der Waals surface area (Å²) >= 11 is 0. The lowest BCUT2D eigenvalue weighted by Gasteiger charge is -2.35. The van der Waals surface area contributed by atoms with Crippen LogP contribution in [0.1, 0.15) is 30.3 Å². The van der Waals surface area contributed by atoms with Gasteiger partial charge in [0.05, 0.1) is 7.11 Å². The van der Waals surface area contributed by atoms with Crippen molar-refractivity contribution in [2.75, 3.05) is 25.1 Å². The van der Waals surface area contributed by atoms with E-state index in [4.69, 9.17) is 5.73 Å². The van der Waals surface area contributed by atoms with Gasteiger partial charge in [-0.2, -0.15) is 0 Å². The maximum absolute atomic E-state index is 11.3. The van der Waals surface area contributed by atoms with E-state index in [0.29, 0.717) is 5.92 Å². The summed E-state index contributed by atoms with van der Waals surface area (Å²) in [7, 11) is 1.33. The average molecular weight is 264 g/mol. The molecule has 6 heteroatoms. The molecule has 0 radical (unpaired) electrons. The van der Waals surface area contributed by atoms with Gasteiger partial charge in [-0.15, -0.1) is 10.2 Å². The molecule has 1 saturated heterocycles. The van der Waals surface area contributed by atoms with Gasteiger partial charge >= 0.3 is 5.97 Å². The fourth-order valence-corrected chi connectivity index (χ4v) is 2.35. The molecule has 0 aliphatic carbocycles. The molecule has 0 aromatic carbocycles. The topological polar surface area (TPSA) is 81.3 Å². The second kappa shape index (κ2) is 5.97. The third kappa shape index (κ3) is 3.20. The Morgan fingerprint density at radius 2 is 2.32 bits per heavy atom. The van der Waals surface area contributed by atoms with Crippen molar-refractivity contribution in [2.24, 2.45) is 11.7 Å². The van der Waals surface area contributed by atoms with Crippen LogP contribution in [-0.4, -0.2) is 42.4 Å². The summed E-state index contributed by atoms with van der Waals surface area (Å²) in [6.07, 6.45) is 2.26. The summed E-state index contributed by atoms with van der Waals surface area (Å²) in [4.78, 5) is 13.5. The molecule has 1 aliphatic rings. The van der Waals surface area contributed by atoms with Gasteiger partial charge in [0.15, 0.2) is 11.5 Å². The van der Waals surface area contributed by atoms with Crippen LogP contribution in [0.3, 0.4) is 0 Å². The predicted octanol–water partition coefficient (Wildman–Crippen LogP) is 0.827. The number of esters is 1. The van der Waals surface area contributed by atoms with Gasteiger partial charge in [-0.05, 0) is 37.8 Å². The summed E-state index contributed by atoms with van der Waals surface area (Å²) in [6.45, 7) is 3.89. The number of anilines is 1. The Hall–Kier alpha value is -1.69. The van der Waals surface area contributed by atoms with Gasteiger partial charge < -0.3 is 15.4 Å². The number of rotatable bonds is 3. The number of ether oxygens (including phenoxy) is 1. The number of piperidine rings is 1. The van der Waals surface area contributed by atoms with Crippen LogP contribution in [0, 0.1) is 5.92 Å². The molecule has 2 rings (SSSR count). The van der Waals surface area contributed by atoms with E-state index in [9.17, 15) is 4.79 Å². The Morgan fingerprint density at radius 1 is 1.53 bits per heavy atom. The molecule has 1 aromatic heterocycles. The molecular formula is C13H20N4O2. The van der Waals surface area contributed by atoms with Crippen molar-refractivity contribution < 1.29 is 9.53 Å². The quantitative estimate of drug-likeness (QED) is 0.814. The summed E-state index contributed by atoms with van der Waals surface area (Å²) in [5, 5.41) is 8.00. The Bertz CT molecular complexity index is 433. The van der Waals surface area contributed by atoms with Crippen LogP contribution >= 0.6 is 0 Å². The zero-order valence-corrected chi connectivity index (χ0v) is 11.4. The first-order chi connectivity index (χ1) is 9.11. The van der Waals surface area contributed by atoms with Crippen molar-refractivity contribution >= 4 is 11.8 Å². The molecule has 0 spiro atoms. The number of hydrogen-bond acceptors (Lipinski definition) is 6. The molecule has 2 atom stereocenters. The summed E-state index contributed by atoms with van der Waals surface area (Å²) in [6, 6.07) is 3.64.